The van der Waals surface area contributed by atoms with Crippen LogP contribution in [-0.4, -0.2) is 95.4 Å². The first kappa shape index (κ1) is 54.6. The summed E-state index contributed by atoms with van der Waals surface area (Å²) < 4.78 is 47.6. The van der Waals surface area contributed by atoms with E-state index in [9.17, 15) is 38.2 Å². The second kappa shape index (κ2) is 36.3. The van der Waals surface area contributed by atoms with Gasteiger partial charge in [0.15, 0.2) is 6.29 Å². The summed E-state index contributed by atoms with van der Waals surface area (Å²) in [5.41, 5.74) is 0. The predicted octanol–water partition coefficient (Wildman–Crippen LogP) is 8.94. The van der Waals surface area contributed by atoms with Gasteiger partial charge in [0, 0.05) is 6.42 Å². The molecule has 1 rings (SSSR count). The van der Waals surface area contributed by atoms with Crippen LogP contribution in [0, 0.1) is 0 Å². The largest absolute Gasteiger partial charge is 0.397 e. The summed E-state index contributed by atoms with van der Waals surface area (Å²) in [6, 6.07) is -0.862. The Balaban J connectivity index is 2.51. The summed E-state index contributed by atoms with van der Waals surface area (Å²) in [5.74, 6) is -0.242. The molecule has 0 spiro atoms. The minimum absolute atomic E-state index is 0.242. The van der Waals surface area contributed by atoms with Gasteiger partial charge < -0.3 is 35.2 Å². The Labute approximate surface area is 352 Å². The Morgan fingerprint density at radius 3 is 1.64 bits per heavy atom. The lowest BCUT2D eigenvalue weighted by Gasteiger charge is -2.41. The van der Waals surface area contributed by atoms with Crippen molar-refractivity contribution in [3.63, 3.8) is 0 Å². The Kier molecular flexibility index (Phi) is 34.1. The third-order valence-corrected chi connectivity index (χ3v) is 11.5. The fourth-order valence-electron chi connectivity index (χ4n) is 7.39. The number of hydrogen-bond donors (Lipinski definition) is 6. The van der Waals surface area contributed by atoms with E-state index in [0.717, 1.165) is 70.6 Å². The number of unbranched alkanes of at least 4 members (excludes halogenated alkanes) is 24. The Bertz CT molecular complexity index is 1140. The molecule has 0 aromatic carbocycles. The van der Waals surface area contributed by atoms with Crippen LogP contribution < -0.4 is 5.32 Å². The highest BCUT2D eigenvalue weighted by Crippen LogP contribution is 2.26. The molecule has 7 atom stereocenters. The number of allylic oxidation sites excluding steroid dienone is 4. The maximum absolute atomic E-state index is 13.0. The number of ether oxygens (including phenoxy) is 2. The fraction of sp³-hybridized carbons (Fsp3) is 0.889. The Hall–Kier alpha value is -1.42. The number of aliphatic hydroxyl groups is 4. The highest BCUT2D eigenvalue weighted by atomic mass is 32.3. The number of carbonyl (C=O) groups excluding carboxylic acids is 1. The molecule has 1 aliphatic rings. The predicted molar refractivity (Wildman–Crippen MR) is 232 cm³/mol. The van der Waals surface area contributed by atoms with Crippen molar-refractivity contribution in [2.75, 3.05) is 13.2 Å². The third-order valence-electron chi connectivity index (χ3n) is 11.0. The van der Waals surface area contributed by atoms with Crippen LogP contribution in [-0.2, 0) is 28.9 Å². The van der Waals surface area contributed by atoms with Crippen LogP contribution in [0.4, 0.5) is 0 Å². The Morgan fingerprint density at radius 1 is 0.690 bits per heavy atom. The third kappa shape index (κ3) is 28.9. The van der Waals surface area contributed by atoms with Crippen molar-refractivity contribution in [3.05, 3.63) is 24.3 Å². The molecule has 1 fully saturated rings. The van der Waals surface area contributed by atoms with Gasteiger partial charge in [-0.2, -0.15) is 8.42 Å². The van der Waals surface area contributed by atoms with Gasteiger partial charge in [-0.1, -0.05) is 179 Å². The number of amides is 1. The van der Waals surface area contributed by atoms with Crippen molar-refractivity contribution in [1.29, 1.82) is 0 Å². The van der Waals surface area contributed by atoms with Gasteiger partial charge >= 0.3 is 10.4 Å². The molecule has 1 heterocycles. The molecule has 1 amide bonds. The number of aliphatic hydroxyl groups excluding tert-OH is 4. The second-order valence-electron chi connectivity index (χ2n) is 16.4. The number of rotatable bonds is 39. The van der Waals surface area contributed by atoms with Crippen LogP contribution in [0.3, 0.4) is 0 Å². The lowest BCUT2D eigenvalue weighted by Crippen LogP contribution is -2.61. The molecule has 7 unspecified atom stereocenters. The van der Waals surface area contributed by atoms with Crippen LogP contribution in [0.5, 0.6) is 0 Å². The zero-order valence-electron chi connectivity index (χ0n) is 36.4. The van der Waals surface area contributed by atoms with Crippen LogP contribution >= 0.6 is 0 Å². The van der Waals surface area contributed by atoms with Crippen molar-refractivity contribution in [2.45, 2.75) is 243 Å². The Morgan fingerprint density at radius 2 is 1.14 bits per heavy atom. The molecule has 0 bridgehead atoms. The first-order chi connectivity index (χ1) is 28.0. The summed E-state index contributed by atoms with van der Waals surface area (Å²) in [6.45, 7) is 3.41. The quantitative estimate of drug-likeness (QED) is 0.0197. The molecule has 1 saturated heterocycles. The molecule has 0 radical (unpaired) electrons. The molecule has 0 saturated carbocycles. The fourth-order valence-corrected chi connectivity index (χ4v) is 7.90. The first-order valence-electron chi connectivity index (χ1n) is 23.2. The lowest BCUT2D eigenvalue weighted by molar-refractivity contribution is -0.298. The van der Waals surface area contributed by atoms with Crippen LogP contribution in [0.15, 0.2) is 24.3 Å². The van der Waals surface area contributed by atoms with E-state index in [1.807, 2.05) is 0 Å². The van der Waals surface area contributed by atoms with Gasteiger partial charge in [-0.15, -0.1) is 0 Å². The first-order valence-corrected chi connectivity index (χ1v) is 24.6. The summed E-state index contributed by atoms with van der Waals surface area (Å²) in [7, 11) is -5.08. The lowest BCUT2D eigenvalue weighted by atomic mass is 9.99. The van der Waals surface area contributed by atoms with Gasteiger partial charge in [-0.3, -0.25) is 9.35 Å². The van der Waals surface area contributed by atoms with E-state index >= 15 is 0 Å². The normalized spacial score (nSPS) is 21.3. The molecule has 1 aliphatic heterocycles. The van der Waals surface area contributed by atoms with E-state index in [4.69, 9.17) is 9.47 Å². The van der Waals surface area contributed by atoms with Gasteiger partial charge in [0.2, 0.25) is 5.91 Å². The van der Waals surface area contributed by atoms with Crippen LogP contribution in [0.2, 0.25) is 0 Å². The second-order valence-corrected chi connectivity index (χ2v) is 17.4. The monoisotopic (exact) mass is 848 g/mol. The van der Waals surface area contributed by atoms with Gasteiger partial charge in [-0.25, -0.2) is 4.18 Å². The van der Waals surface area contributed by atoms with E-state index in [2.05, 4.69) is 47.7 Å². The van der Waals surface area contributed by atoms with Crippen molar-refractivity contribution in [3.8, 4) is 0 Å². The summed E-state index contributed by atoms with van der Waals surface area (Å²) >= 11 is 0. The molecule has 58 heavy (non-hydrogen) atoms. The average Bonchev–Trinajstić information content (AvgIpc) is 3.19. The van der Waals surface area contributed by atoms with E-state index in [1.54, 1.807) is 0 Å². The average molecular weight is 848 g/mol. The van der Waals surface area contributed by atoms with E-state index in [0.29, 0.717) is 12.8 Å². The molecule has 13 heteroatoms. The molecule has 6 N–H and O–H groups in total. The van der Waals surface area contributed by atoms with E-state index < -0.39 is 59.9 Å². The van der Waals surface area contributed by atoms with Gasteiger partial charge in [0.25, 0.3) is 0 Å². The van der Waals surface area contributed by atoms with Crippen LogP contribution in [0.25, 0.3) is 0 Å². The highest BCUT2D eigenvalue weighted by Gasteiger charge is 2.48. The van der Waals surface area contributed by atoms with Crippen LogP contribution in [0.1, 0.15) is 200 Å². The summed E-state index contributed by atoms with van der Waals surface area (Å²) in [6.07, 6.45) is 31.7. The zero-order valence-corrected chi connectivity index (χ0v) is 37.2. The van der Waals surface area contributed by atoms with Crippen molar-refractivity contribution in [1.82, 2.24) is 5.32 Å². The van der Waals surface area contributed by atoms with E-state index in [-0.39, 0.29) is 18.9 Å². The smallest absolute Gasteiger partial charge is 0.394 e. The molecule has 342 valence electrons. The topological polar surface area (TPSA) is 192 Å². The minimum atomic E-state index is -5.08. The van der Waals surface area contributed by atoms with E-state index in [1.165, 1.54) is 96.3 Å². The minimum Gasteiger partial charge on any atom is -0.394 e. The van der Waals surface area contributed by atoms with Gasteiger partial charge in [0.05, 0.1) is 25.4 Å². The van der Waals surface area contributed by atoms with Gasteiger partial charge in [0.1, 0.15) is 24.4 Å². The zero-order chi connectivity index (χ0) is 42.7. The molecule has 0 aromatic rings. The molecule has 0 aromatic heterocycles. The molecular weight excluding hydrogens is 763 g/mol. The number of nitrogens with one attached hydrogen (secondary N) is 1. The summed E-state index contributed by atoms with van der Waals surface area (Å²) in [5, 5.41) is 44.8. The summed E-state index contributed by atoms with van der Waals surface area (Å²) in [4.78, 5) is 13.0. The molecular formula is C45H85NO11S. The maximum Gasteiger partial charge on any atom is 0.397 e. The molecule has 0 aliphatic carbocycles. The molecule has 12 nitrogen and oxygen atoms in total. The SMILES string of the molecule is CCCCC/C=C\C=C/CCCCCCCCC(=O)NC(COC1OC(CO)C(O)C(OS(=O)(=O)O)C1O)C(O)CCCCCCCCCCCCCCCCCC. The van der Waals surface area contributed by atoms with Crippen molar-refractivity contribution in [2.24, 2.45) is 0 Å². The maximum atomic E-state index is 13.0. The van der Waals surface area contributed by atoms with Crippen molar-refractivity contribution < 1.29 is 51.8 Å². The number of carbonyl (C=O) groups is 1. The highest BCUT2D eigenvalue weighted by molar-refractivity contribution is 7.80. The number of hydrogen-bond acceptors (Lipinski definition) is 10. The van der Waals surface area contributed by atoms with Crippen molar-refractivity contribution >= 4 is 16.3 Å². The van der Waals surface area contributed by atoms with Gasteiger partial charge in [-0.05, 0) is 38.5 Å². The standard InChI is InChI=1S/C45H85NO11S/c1-3-5-7-9-11-13-15-17-19-21-22-24-26-28-30-32-34-39(48)38(37-55-45-43(51)44(57-58(52,53)54)42(50)40(36-47)56-45)46-41(49)35-33-31-29-27-25-23-20-18-16-14-12-10-8-6-4-2/h12,14,16,18,38-40,42-45,47-48,50-51H,3-11,13,15,17,19-37H2,1-2H3,(H,46,49)(H,52,53,54)/b14-12-,18-16-.